The first-order valence-electron chi connectivity index (χ1n) is 10.7. The lowest BCUT2D eigenvalue weighted by Crippen LogP contribution is -2.33. The minimum absolute atomic E-state index is 0.0169. The van der Waals surface area contributed by atoms with Crippen LogP contribution in [0, 0.1) is 17.0 Å². The number of nitro benzene ring substituents is 1. The van der Waals surface area contributed by atoms with Gasteiger partial charge in [-0.3, -0.25) is 29.3 Å². The summed E-state index contributed by atoms with van der Waals surface area (Å²) in [5.74, 6) is 0.496. The van der Waals surface area contributed by atoms with Crippen LogP contribution in [0.3, 0.4) is 0 Å². The van der Waals surface area contributed by atoms with Gasteiger partial charge in [-0.05, 0) is 43.3 Å². The maximum absolute atomic E-state index is 13.4. The zero-order valence-corrected chi connectivity index (χ0v) is 20.7. The van der Waals surface area contributed by atoms with Crippen molar-refractivity contribution < 1.29 is 14.1 Å². The molecule has 0 spiro atoms. The van der Waals surface area contributed by atoms with E-state index in [0.717, 1.165) is 11.8 Å². The molecular formula is C25H18N4O5S2. The molecule has 1 amide bonds. The van der Waals surface area contributed by atoms with Crippen LogP contribution in [0.4, 0.5) is 11.4 Å². The monoisotopic (exact) mass is 518 g/mol. The number of hydrogen-bond donors (Lipinski definition) is 0. The second-order valence-corrected chi connectivity index (χ2v) is 9.61. The van der Waals surface area contributed by atoms with Crippen LogP contribution in [0.25, 0.3) is 23.1 Å². The largest absolute Gasteiger partial charge is 0.457 e. The summed E-state index contributed by atoms with van der Waals surface area (Å²) in [6, 6.07) is 18.5. The zero-order chi connectivity index (χ0) is 25.6. The number of para-hydroxylation sites is 1. The highest BCUT2D eigenvalue weighted by Crippen LogP contribution is 2.37. The van der Waals surface area contributed by atoms with Gasteiger partial charge in [-0.15, -0.1) is 0 Å². The van der Waals surface area contributed by atoms with E-state index in [2.05, 4.69) is 0 Å². The molecule has 0 unspecified atom stereocenters. The van der Waals surface area contributed by atoms with Crippen molar-refractivity contribution in [2.24, 2.45) is 7.05 Å². The molecule has 1 fully saturated rings. The smallest absolute Gasteiger partial charge is 0.296 e. The predicted molar refractivity (Wildman–Crippen MR) is 142 cm³/mol. The molecule has 9 nitrogen and oxygen atoms in total. The first-order chi connectivity index (χ1) is 17.3. The normalized spacial score (nSPS) is 14.7. The number of carbonyl (C=O) groups is 1. The average Bonchev–Trinajstić information content (AvgIpc) is 3.50. The van der Waals surface area contributed by atoms with Crippen molar-refractivity contribution >= 4 is 51.7 Å². The van der Waals surface area contributed by atoms with Crippen LogP contribution < -0.4 is 10.5 Å². The molecule has 2 aromatic carbocycles. The molecule has 0 bridgehead atoms. The van der Waals surface area contributed by atoms with Gasteiger partial charge < -0.3 is 4.42 Å². The second-order valence-electron chi connectivity index (χ2n) is 7.93. The lowest BCUT2D eigenvalue weighted by molar-refractivity contribution is -0.384. The number of thiocarbonyl (C=S) groups is 1. The maximum atomic E-state index is 13.4. The van der Waals surface area contributed by atoms with E-state index in [9.17, 15) is 19.7 Å². The predicted octanol–water partition coefficient (Wildman–Crippen LogP) is 5.06. The first kappa shape index (κ1) is 23.5. The molecule has 4 aromatic rings. The molecule has 11 heteroatoms. The topological polar surface area (TPSA) is 104 Å². The number of anilines is 1. The number of carbonyl (C=O) groups excluding carboxylic acids is 1. The highest BCUT2D eigenvalue weighted by Gasteiger charge is 2.38. The molecule has 1 saturated heterocycles. The van der Waals surface area contributed by atoms with Crippen LogP contribution in [-0.2, 0) is 11.8 Å². The number of rotatable bonds is 5. The molecule has 180 valence electrons. The summed E-state index contributed by atoms with van der Waals surface area (Å²) in [5.41, 5.74) is 1.77. The fraction of sp³-hybridized carbons (Fsp3) is 0.0800. The Morgan fingerprint density at radius 1 is 1.03 bits per heavy atom. The summed E-state index contributed by atoms with van der Waals surface area (Å²) < 4.78 is 9.28. The Labute approximate surface area is 214 Å². The number of thioether (sulfide) groups is 1. The number of amides is 1. The number of non-ortho nitro benzene ring substituents is 1. The van der Waals surface area contributed by atoms with E-state index in [1.54, 1.807) is 49.0 Å². The van der Waals surface area contributed by atoms with Crippen LogP contribution in [0.5, 0.6) is 0 Å². The van der Waals surface area contributed by atoms with Crippen LogP contribution in [0.1, 0.15) is 11.5 Å². The van der Waals surface area contributed by atoms with Gasteiger partial charge in [0.15, 0.2) is 4.32 Å². The van der Waals surface area contributed by atoms with Crippen molar-refractivity contribution in [2.75, 3.05) is 4.90 Å². The maximum Gasteiger partial charge on any atom is 0.296 e. The van der Waals surface area contributed by atoms with Gasteiger partial charge in [0.1, 0.15) is 17.2 Å². The minimum atomic E-state index is -0.470. The Morgan fingerprint density at radius 2 is 1.72 bits per heavy atom. The number of nitrogens with zero attached hydrogens (tertiary/aromatic N) is 4. The van der Waals surface area contributed by atoms with E-state index < -0.39 is 10.8 Å². The molecule has 5 rings (SSSR count). The molecule has 3 heterocycles. The van der Waals surface area contributed by atoms with Crippen LogP contribution in [0.15, 0.2) is 80.8 Å². The van der Waals surface area contributed by atoms with Gasteiger partial charge in [0.2, 0.25) is 0 Å². The fourth-order valence-electron chi connectivity index (χ4n) is 3.93. The molecule has 0 aliphatic carbocycles. The molecule has 1 aliphatic heterocycles. The molecule has 1 aliphatic rings. The van der Waals surface area contributed by atoms with Crippen LogP contribution in [-0.4, -0.2) is 24.5 Å². The second kappa shape index (κ2) is 9.10. The third-order valence-corrected chi connectivity index (χ3v) is 7.11. The van der Waals surface area contributed by atoms with Crippen molar-refractivity contribution in [1.82, 2.24) is 9.36 Å². The van der Waals surface area contributed by atoms with Gasteiger partial charge in [0.25, 0.3) is 17.2 Å². The van der Waals surface area contributed by atoms with Crippen molar-refractivity contribution in [1.29, 1.82) is 0 Å². The van der Waals surface area contributed by atoms with E-state index in [-0.39, 0.29) is 21.3 Å². The summed E-state index contributed by atoms with van der Waals surface area (Å²) in [6.07, 6.45) is 1.57. The Bertz CT molecular complexity index is 1610. The van der Waals surface area contributed by atoms with E-state index in [1.807, 2.05) is 30.3 Å². The summed E-state index contributed by atoms with van der Waals surface area (Å²) in [7, 11) is 1.75. The third kappa shape index (κ3) is 3.97. The van der Waals surface area contributed by atoms with Gasteiger partial charge in [0, 0.05) is 30.8 Å². The molecule has 2 aromatic heterocycles. The van der Waals surface area contributed by atoms with E-state index >= 15 is 0 Å². The summed E-state index contributed by atoms with van der Waals surface area (Å²) in [6.45, 7) is 1.77. The lowest BCUT2D eigenvalue weighted by atomic mass is 10.1. The van der Waals surface area contributed by atoms with Crippen molar-refractivity contribution in [3.63, 3.8) is 0 Å². The van der Waals surface area contributed by atoms with Crippen LogP contribution in [0.2, 0.25) is 0 Å². The summed E-state index contributed by atoms with van der Waals surface area (Å²) in [5, 5.41) is 10.9. The number of aromatic nitrogens is 2. The van der Waals surface area contributed by atoms with Gasteiger partial charge in [-0.1, -0.05) is 42.2 Å². The Kier molecular flexibility index (Phi) is 5.94. The van der Waals surface area contributed by atoms with Crippen molar-refractivity contribution in [3.8, 4) is 17.0 Å². The standard InChI is InChI=1S/C25H18N4O5S2/c1-15-22(24(31)28(26(15)2)17-6-4-3-5-7-17)27-23(30)21(36-25(27)35)14-19-12-13-20(34-19)16-8-10-18(11-9-16)29(32)33/h3-14H,1-2H3/b21-14+. The number of benzene rings is 2. The van der Waals surface area contributed by atoms with Gasteiger partial charge in [0.05, 0.1) is 21.2 Å². The molecular weight excluding hydrogens is 500 g/mol. The Hall–Kier alpha value is -4.22. The SMILES string of the molecule is Cc1c(N2C(=O)/C(=C\c3ccc(-c4ccc([N+](=O)[O-])cc4)o3)SC2=S)c(=O)n(-c2ccccc2)n1C. The lowest BCUT2D eigenvalue weighted by Gasteiger charge is -2.12. The molecule has 0 atom stereocenters. The van der Waals surface area contributed by atoms with Gasteiger partial charge in [-0.25, -0.2) is 4.68 Å². The third-order valence-electron chi connectivity index (χ3n) is 5.80. The van der Waals surface area contributed by atoms with E-state index in [1.165, 1.54) is 21.7 Å². The van der Waals surface area contributed by atoms with E-state index in [0.29, 0.717) is 33.4 Å². The molecule has 0 saturated carbocycles. The average molecular weight is 519 g/mol. The number of hydrogen-bond acceptors (Lipinski definition) is 7. The van der Waals surface area contributed by atoms with Gasteiger partial charge >= 0.3 is 0 Å². The van der Waals surface area contributed by atoms with E-state index in [4.69, 9.17) is 16.6 Å². The minimum Gasteiger partial charge on any atom is -0.457 e. The molecule has 0 radical (unpaired) electrons. The highest BCUT2D eigenvalue weighted by atomic mass is 32.2. The Morgan fingerprint density at radius 3 is 2.39 bits per heavy atom. The van der Waals surface area contributed by atoms with Crippen molar-refractivity contribution in [2.45, 2.75) is 6.92 Å². The zero-order valence-electron chi connectivity index (χ0n) is 19.1. The van der Waals surface area contributed by atoms with Crippen molar-refractivity contribution in [3.05, 3.63) is 104 Å². The first-order valence-corrected chi connectivity index (χ1v) is 12.0. The number of furan rings is 1. The summed E-state index contributed by atoms with van der Waals surface area (Å²) in [4.78, 5) is 38.7. The highest BCUT2D eigenvalue weighted by molar-refractivity contribution is 8.27. The van der Waals surface area contributed by atoms with Crippen LogP contribution >= 0.6 is 24.0 Å². The number of nitro groups is 1. The Balaban J connectivity index is 1.46. The molecule has 36 heavy (non-hydrogen) atoms. The van der Waals surface area contributed by atoms with Gasteiger partial charge in [-0.2, -0.15) is 0 Å². The molecule has 0 N–H and O–H groups in total. The fourth-order valence-corrected chi connectivity index (χ4v) is 5.19. The quantitative estimate of drug-likeness (QED) is 0.157. The summed E-state index contributed by atoms with van der Waals surface area (Å²) >= 11 is 6.57.